The number of hydrogen-bond acceptors (Lipinski definition) is 5. The number of hydrogen-bond donors (Lipinski definition) is 3. The zero-order valence-corrected chi connectivity index (χ0v) is 26.0. The Morgan fingerprint density at radius 1 is 0.902 bits per heavy atom. The Morgan fingerprint density at radius 2 is 1.49 bits per heavy atom. The molecule has 0 fully saturated rings. The van der Waals surface area contributed by atoms with Crippen LogP contribution < -0.4 is 10.6 Å². The maximum Gasteiger partial charge on any atom is 0.408 e. The third-order valence-corrected chi connectivity index (χ3v) is 7.16. The van der Waals surface area contributed by atoms with Crippen LogP contribution in [0.4, 0.5) is 4.79 Å². The van der Waals surface area contributed by atoms with Crippen LogP contribution in [0.3, 0.4) is 0 Å². The van der Waals surface area contributed by atoms with Crippen molar-refractivity contribution >= 4 is 17.9 Å². The summed E-state index contributed by atoms with van der Waals surface area (Å²) in [6.07, 6.45) is 2.59. The van der Waals surface area contributed by atoms with Gasteiger partial charge in [0.05, 0.1) is 0 Å². The zero-order valence-electron chi connectivity index (χ0n) is 26.0. The van der Waals surface area contributed by atoms with Gasteiger partial charge in [-0.05, 0) is 82.7 Å². The van der Waals surface area contributed by atoms with E-state index < -0.39 is 35.2 Å². The second-order valence-electron chi connectivity index (χ2n) is 12.1. The van der Waals surface area contributed by atoms with Crippen LogP contribution in [0.25, 0.3) is 0 Å². The van der Waals surface area contributed by atoms with E-state index in [9.17, 15) is 19.5 Å². The Bertz CT molecular complexity index is 1140. The summed E-state index contributed by atoms with van der Waals surface area (Å²) in [5.41, 5.74) is 1.06. The molecule has 3 N–H and O–H groups in total. The van der Waals surface area contributed by atoms with Crippen LogP contribution in [0, 0.1) is 0 Å². The minimum absolute atomic E-state index is 0.102. The average molecular weight is 568 g/mol. The van der Waals surface area contributed by atoms with Crippen LogP contribution in [0.1, 0.15) is 97.4 Å². The lowest BCUT2D eigenvalue weighted by Crippen LogP contribution is -2.59. The van der Waals surface area contributed by atoms with Crippen molar-refractivity contribution in [2.24, 2.45) is 0 Å². The highest BCUT2D eigenvalue weighted by molar-refractivity contribution is 5.93. The van der Waals surface area contributed by atoms with Crippen molar-refractivity contribution in [1.82, 2.24) is 15.5 Å². The second kappa shape index (κ2) is 14.9. The van der Waals surface area contributed by atoms with Crippen molar-refractivity contribution in [3.05, 3.63) is 65.2 Å². The molecule has 41 heavy (non-hydrogen) atoms. The number of unbranched alkanes of at least 4 members (excludes halogenated alkanes) is 1. The molecule has 0 aliphatic carbocycles. The first-order valence-corrected chi connectivity index (χ1v) is 14.7. The lowest BCUT2D eigenvalue weighted by atomic mass is 9.90. The molecule has 0 saturated carbocycles. The van der Waals surface area contributed by atoms with Gasteiger partial charge in [-0.15, -0.1) is 0 Å². The lowest BCUT2D eigenvalue weighted by Gasteiger charge is -2.44. The van der Waals surface area contributed by atoms with Crippen LogP contribution in [0.5, 0.6) is 5.75 Å². The summed E-state index contributed by atoms with van der Waals surface area (Å²) >= 11 is 0. The molecular formula is C33H49N3O5. The van der Waals surface area contributed by atoms with Crippen molar-refractivity contribution in [2.75, 3.05) is 6.54 Å². The van der Waals surface area contributed by atoms with Crippen molar-refractivity contribution in [1.29, 1.82) is 0 Å². The topological polar surface area (TPSA) is 108 Å². The number of carbonyl (C=O) groups excluding carboxylic acids is 3. The number of ether oxygens (including phenoxy) is 1. The highest BCUT2D eigenvalue weighted by atomic mass is 16.6. The van der Waals surface area contributed by atoms with Gasteiger partial charge in [0.2, 0.25) is 11.8 Å². The summed E-state index contributed by atoms with van der Waals surface area (Å²) in [5, 5.41) is 15.6. The maximum absolute atomic E-state index is 14.6. The molecular weight excluding hydrogens is 518 g/mol. The van der Waals surface area contributed by atoms with E-state index >= 15 is 0 Å². The number of amides is 3. The highest BCUT2D eigenvalue weighted by Crippen LogP contribution is 2.33. The number of phenolic OH excluding ortho intramolecular Hbond substituents is 1. The quantitative estimate of drug-likeness (QED) is 0.255. The largest absolute Gasteiger partial charge is 0.508 e. The summed E-state index contributed by atoms with van der Waals surface area (Å²) in [6.45, 7) is 15.7. The van der Waals surface area contributed by atoms with E-state index in [0.717, 1.165) is 30.4 Å². The van der Waals surface area contributed by atoms with Crippen molar-refractivity contribution in [3.63, 3.8) is 0 Å². The van der Waals surface area contributed by atoms with Crippen LogP contribution in [0.2, 0.25) is 0 Å². The Balaban J connectivity index is 2.63. The molecule has 0 aliphatic heterocycles. The SMILES string of the molecule is CCCCNC(=O)C(c1ccc(CC)cc1)N(C(=O)C(Cc1ccc(O)cc1)NC(=O)OC(C)(C)C)C(C)(C)CC. The third-order valence-electron chi connectivity index (χ3n) is 7.16. The summed E-state index contributed by atoms with van der Waals surface area (Å²) in [6, 6.07) is 12.3. The van der Waals surface area contributed by atoms with Crippen molar-refractivity contribution in [3.8, 4) is 5.75 Å². The minimum atomic E-state index is -1.03. The molecule has 2 aromatic carbocycles. The van der Waals surface area contributed by atoms with E-state index in [-0.39, 0.29) is 18.1 Å². The fourth-order valence-electron chi connectivity index (χ4n) is 4.47. The fraction of sp³-hybridized carbons (Fsp3) is 0.545. The number of aryl methyl sites for hydroxylation is 1. The molecule has 0 aliphatic rings. The van der Waals surface area contributed by atoms with E-state index in [0.29, 0.717) is 18.5 Å². The second-order valence-corrected chi connectivity index (χ2v) is 12.1. The van der Waals surface area contributed by atoms with Gasteiger partial charge in [0, 0.05) is 18.5 Å². The first kappa shape index (κ1) is 33.7. The normalized spacial score (nSPS) is 13.2. The summed E-state index contributed by atoms with van der Waals surface area (Å²) in [7, 11) is 0. The number of benzene rings is 2. The molecule has 2 aromatic rings. The van der Waals surface area contributed by atoms with Gasteiger partial charge < -0.3 is 25.4 Å². The van der Waals surface area contributed by atoms with Gasteiger partial charge in [0.1, 0.15) is 23.4 Å². The van der Waals surface area contributed by atoms with Gasteiger partial charge in [0.25, 0.3) is 0 Å². The zero-order chi connectivity index (χ0) is 30.8. The molecule has 2 atom stereocenters. The number of rotatable bonds is 13. The first-order valence-electron chi connectivity index (χ1n) is 14.7. The molecule has 0 spiro atoms. The van der Waals surface area contributed by atoms with Gasteiger partial charge in [0.15, 0.2) is 0 Å². The van der Waals surface area contributed by atoms with Gasteiger partial charge in [-0.1, -0.05) is 63.6 Å². The fourth-order valence-corrected chi connectivity index (χ4v) is 4.47. The Hall–Kier alpha value is -3.55. The standard InChI is InChI=1S/C33H49N3O5/c1-9-12-21-34-29(38)28(25-17-13-23(10-2)14-18-25)36(33(7,8)11-3)30(39)27(35-31(40)41-32(4,5)6)22-24-15-19-26(37)20-16-24/h13-20,27-28,37H,9-12,21-22H2,1-8H3,(H,34,38)(H,35,40). The number of nitrogens with zero attached hydrogens (tertiary/aromatic N) is 1. The molecule has 0 saturated heterocycles. The number of aromatic hydroxyl groups is 1. The molecule has 0 bridgehead atoms. The van der Waals surface area contributed by atoms with Gasteiger partial charge in [-0.2, -0.15) is 0 Å². The molecule has 0 aromatic heterocycles. The first-order chi connectivity index (χ1) is 19.2. The molecule has 226 valence electrons. The van der Waals surface area contributed by atoms with Crippen molar-refractivity contribution < 1.29 is 24.2 Å². The maximum atomic E-state index is 14.6. The van der Waals surface area contributed by atoms with Gasteiger partial charge in [-0.3, -0.25) is 9.59 Å². The molecule has 2 rings (SSSR count). The van der Waals surface area contributed by atoms with E-state index in [4.69, 9.17) is 4.74 Å². The van der Waals surface area contributed by atoms with E-state index in [2.05, 4.69) is 24.5 Å². The molecule has 8 heteroatoms. The van der Waals surface area contributed by atoms with Crippen LogP contribution >= 0.6 is 0 Å². The van der Waals surface area contributed by atoms with Gasteiger partial charge in [-0.25, -0.2) is 4.79 Å². The van der Waals surface area contributed by atoms with Gasteiger partial charge >= 0.3 is 6.09 Å². The Labute approximate surface area is 245 Å². The molecule has 3 amide bonds. The Kier molecular flexibility index (Phi) is 12.2. The number of phenols is 1. The number of alkyl carbamates (subject to hydrolysis) is 1. The summed E-state index contributed by atoms with van der Waals surface area (Å²) < 4.78 is 5.51. The molecule has 8 nitrogen and oxygen atoms in total. The smallest absolute Gasteiger partial charge is 0.408 e. The summed E-state index contributed by atoms with van der Waals surface area (Å²) in [5.74, 6) is -0.561. The highest BCUT2D eigenvalue weighted by Gasteiger charge is 2.43. The monoisotopic (exact) mass is 567 g/mol. The Morgan fingerprint density at radius 3 is 2.00 bits per heavy atom. The van der Waals surface area contributed by atoms with E-state index in [1.54, 1.807) is 37.8 Å². The average Bonchev–Trinajstić information content (AvgIpc) is 2.91. The van der Waals surface area contributed by atoms with Crippen molar-refractivity contribution in [2.45, 2.75) is 111 Å². The molecule has 0 radical (unpaired) electrons. The summed E-state index contributed by atoms with van der Waals surface area (Å²) in [4.78, 5) is 43.1. The predicted molar refractivity (Wildman–Crippen MR) is 163 cm³/mol. The van der Waals surface area contributed by atoms with E-state index in [1.165, 1.54) is 12.1 Å². The number of nitrogens with one attached hydrogen (secondary N) is 2. The van der Waals surface area contributed by atoms with Crippen LogP contribution in [0.15, 0.2) is 48.5 Å². The van der Waals surface area contributed by atoms with Crippen LogP contribution in [-0.4, -0.2) is 51.6 Å². The number of carbonyl (C=O) groups is 3. The molecule has 2 unspecified atom stereocenters. The van der Waals surface area contributed by atoms with Crippen LogP contribution in [-0.2, 0) is 27.2 Å². The van der Waals surface area contributed by atoms with E-state index in [1.807, 2.05) is 45.0 Å². The molecule has 0 heterocycles. The third kappa shape index (κ3) is 10.1. The predicted octanol–water partition coefficient (Wildman–Crippen LogP) is 6.07. The lowest BCUT2D eigenvalue weighted by molar-refractivity contribution is -0.149. The minimum Gasteiger partial charge on any atom is -0.508 e.